The molecule has 1 fully saturated rings. The summed E-state index contributed by atoms with van der Waals surface area (Å²) in [4.78, 5) is 47.3. The topological polar surface area (TPSA) is 88.6 Å². The van der Waals surface area contributed by atoms with Crippen LogP contribution >= 0.6 is 23.1 Å². The number of benzene rings is 3. The van der Waals surface area contributed by atoms with Crippen LogP contribution in [0.2, 0.25) is 0 Å². The highest BCUT2D eigenvalue weighted by Gasteiger charge is 2.54. The summed E-state index contributed by atoms with van der Waals surface area (Å²) >= 11 is 3.02. The van der Waals surface area contributed by atoms with E-state index >= 15 is 0 Å². The molecular weight excluding hydrogens is 579 g/mol. The van der Waals surface area contributed by atoms with E-state index in [0.29, 0.717) is 11.3 Å². The summed E-state index contributed by atoms with van der Waals surface area (Å²) in [5.74, 6) is -0.690. The molecule has 2 aliphatic rings. The van der Waals surface area contributed by atoms with Crippen molar-refractivity contribution in [2.24, 2.45) is 0 Å². The minimum Gasteiger partial charge on any atom is -0.448 e. The molecule has 0 spiro atoms. The number of nitrogens with one attached hydrogen (secondary N) is 1. The Bertz CT molecular complexity index is 1650. The van der Waals surface area contributed by atoms with Crippen molar-refractivity contribution in [3.63, 3.8) is 0 Å². The first-order valence-corrected chi connectivity index (χ1v) is 15.8. The zero-order valence-corrected chi connectivity index (χ0v) is 25.0. The number of nitrogens with zero attached hydrogens (tertiary/aromatic N) is 2. The van der Waals surface area contributed by atoms with Gasteiger partial charge in [0.15, 0.2) is 6.10 Å². The maximum Gasteiger partial charge on any atom is 0.356 e. The van der Waals surface area contributed by atoms with Crippen LogP contribution in [0.25, 0.3) is 6.08 Å². The van der Waals surface area contributed by atoms with Crippen LogP contribution in [0.4, 0.5) is 0 Å². The lowest BCUT2D eigenvalue weighted by Gasteiger charge is -2.49. The Morgan fingerprint density at radius 1 is 0.977 bits per heavy atom. The second kappa shape index (κ2) is 12.8. The molecular formula is C34H29N3O4S2. The summed E-state index contributed by atoms with van der Waals surface area (Å²) < 4.78 is 6.22. The number of aromatic nitrogens is 1. The minimum absolute atomic E-state index is 0.171. The van der Waals surface area contributed by atoms with E-state index in [2.05, 4.69) is 10.3 Å². The molecule has 0 saturated carbocycles. The van der Waals surface area contributed by atoms with Crippen LogP contribution in [0, 0.1) is 6.92 Å². The molecule has 0 radical (unpaired) electrons. The fourth-order valence-corrected chi connectivity index (χ4v) is 7.17. The number of hydrogen-bond donors (Lipinski definition) is 1. The van der Waals surface area contributed by atoms with Gasteiger partial charge in [0, 0.05) is 10.6 Å². The third-order valence-corrected chi connectivity index (χ3v) is 9.56. The van der Waals surface area contributed by atoms with Crippen molar-refractivity contribution in [3.8, 4) is 0 Å². The van der Waals surface area contributed by atoms with Crippen molar-refractivity contribution in [1.29, 1.82) is 0 Å². The average Bonchev–Trinajstić information content (AvgIpc) is 3.46. The van der Waals surface area contributed by atoms with Gasteiger partial charge in [0.1, 0.15) is 17.1 Å². The number of esters is 1. The summed E-state index contributed by atoms with van der Waals surface area (Å²) in [5, 5.41) is 2.48. The Hall–Kier alpha value is -4.47. The Morgan fingerprint density at radius 3 is 2.21 bits per heavy atom. The first-order valence-electron chi connectivity index (χ1n) is 13.9. The van der Waals surface area contributed by atoms with Crippen molar-refractivity contribution in [1.82, 2.24) is 15.2 Å². The predicted octanol–water partition coefficient (Wildman–Crippen LogP) is 5.69. The molecule has 3 aromatic carbocycles. The molecule has 0 unspecified atom stereocenters. The second-order valence-electron chi connectivity index (χ2n) is 10.2. The molecule has 1 N–H and O–H groups in total. The number of carbonyl (C=O) groups is 3. The highest BCUT2D eigenvalue weighted by Crippen LogP contribution is 2.42. The van der Waals surface area contributed by atoms with Gasteiger partial charge in [-0.15, -0.1) is 23.1 Å². The van der Waals surface area contributed by atoms with Gasteiger partial charge in [-0.05, 0) is 35.3 Å². The summed E-state index contributed by atoms with van der Waals surface area (Å²) in [7, 11) is 0. The van der Waals surface area contributed by atoms with Gasteiger partial charge in [-0.1, -0.05) is 97.1 Å². The summed E-state index contributed by atoms with van der Waals surface area (Å²) in [6, 6.07) is 27.8. The number of aryl methyl sites for hydroxylation is 1. The maximum absolute atomic E-state index is 14.1. The number of fused-ring (bicyclic) bond motifs is 1. The zero-order valence-electron chi connectivity index (χ0n) is 23.4. The fourth-order valence-electron chi connectivity index (χ4n) is 5.16. The number of thiazole rings is 1. The van der Waals surface area contributed by atoms with Gasteiger partial charge in [0.2, 0.25) is 5.91 Å². The van der Waals surface area contributed by atoms with Crippen molar-refractivity contribution in [2.75, 3.05) is 5.75 Å². The Balaban J connectivity index is 1.29. The highest BCUT2D eigenvalue weighted by atomic mass is 32.2. The molecule has 3 heterocycles. The van der Waals surface area contributed by atoms with Gasteiger partial charge < -0.3 is 10.1 Å². The van der Waals surface area contributed by atoms with Crippen molar-refractivity contribution < 1.29 is 19.1 Å². The molecule has 4 aromatic rings. The standard InChI is InChI=1S/C34H29N3O4S2/c1-22-27(43-21-35-22)18-17-26-20-42-33-29(36-28(38)19-23-11-5-2-6-12-23)32(39)37(33)30(26)34(40)41-31(24-13-7-3-8-14-24)25-15-9-4-10-16-25/h2-18,21,29,31,33H,19-20H2,1H3,(H,36,38)/b18-17+/t29-,33+/m0/s1. The lowest BCUT2D eigenvalue weighted by molar-refractivity contribution is -0.154. The monoisotopic (exact) mass is 607 g/mol. The summed E-state index contributed by atoms with van der Waals surface area (Å²) in [6.07, 6.45) is 3.30. The number of thioether (sulfide) groups is 1. The molecule has 6 rings (SSSR count). The largest absolute Gasteiger partial charge is 0.448 e. The Morgan fingerprint density at radius 2 is 1.60 bits per heavy atom. The molecule has 1 aromatic heterocycles. The number of β-lactam (4-membered cyclic amide) rings is 1. The normalized spacial score (nSPS) is 18.0. The molecule has 9 heteroatoms. The number of ether oxygens (including phenoxy) is 1. The summed E-state index contributed by atoms with van der Waals surface area (Å²) in [5.41, 5.74) is 6.06. The Kier molecular flexibility index (Phi) is 8.53. The van der Waals surface area contributed by atoms with Crippen LogP contribution in [-0.4, -0.2) is 44.8 Å². The number of allylic oxidation sites excluding steroid dienone is 1. The highest BCUT2D eigenvalue weighted by molar-refractivity contribution is 8.00. The number of rotatable bonds is 9. The van der Waals surface area contributed by atoms with Gasteiger partial charge in [-0.25, -0.2) is 9.78 Å². The lowest BCUT2D eigenvalue weighted by atomic mass is 10.00. The quantitative estimate of drug-likeness (QED) is 0.194. The molecule has 43 heavy (non-hydrogen) atoms. The van der Waals surface area contributed by atoms with Crippen molar-refractivity contribution >= 4 is 47.0 Å². The molecule has 0 aliphatic carbocycles. The van der Waals surface area contributed by atoms with Crippen LogP contribution in [0.15, 0.2) is 114 Å². The predicted molar refractivity (Wildman–Crippen MR) is 169 cm³/mol. The van der Waals surface area contributed by atoms with Gasteiger partial charge in [-0.2, -0.15) is 0 Å². The third-order valence-electron chi connectivity index (χ3n) is 7.36. The zero-order chi connectivity index (χ0) is 29.8. The first-order chi connectivity index (χ1) is 21.0. The van der Waals surface area contributed by atoms with Crippen LogP contribution in [0.1, 0.15) is 33.4 Å². The maximum atomic E-state index is 14.1. The molecule has 2 amide bonds. The fraction of sp³-hybridized carbons (Fsp3) is 0.176. The third kappa shape index (κ3) is 6.18. The van der Waals surface area contributed by atoms with Crippen LogP contribution in [-0.2, 0) is 25.5 Å². The van der Waals surface area contributed by atoms with Crippen LogP contribution in [0.5, 0.6) is 0 Å². The smallest absolute Gasteiger partial charge is 0.356 e. The SMILES string of the molecule is Cc1ncsc1/C=C/C1=C(C(=O)OC(c2ccccc2)c2ccccc2)N2C(=O)[C@H](NC(=O)Cc3ccccc3)[C@H]2SC1. The van der Waals surface area contributed by atoms with E-state index in [9.17, 15) is 14.4 Å². The molecule has 1 saturated heterocycles. The van der Waals surface area contributed by atoms with Crippen LogP contribution < -0.4 is 5.32 Å². The van der Waals surface area contributed by atoms with Crippen molar-refractivity contribution in [2.45, 2.75) is 30.9 Å². The van der Waals surface area contributed by atoms with Gasteiger partial charge in [0.05, 0.1) is 17.6 Å². The van der Waals surface area contributed by atoms with E-state index in [1.54, 1.807) is 5.51 Å². The summed E-state index contributed by atoms with van der Waals surface area (Å²) in [6.45, 7) is 1.93. The molecule has 2 atom stereocenters. The van der Waals surface area contributed by atoms with Crippen LogP contribution in [0.3, 0.4) is 0 Å². The molecule has 216 valence electrons. The van der Waals surface area contributed by atoms with Gasteiger partial charge >= 0.3 is 5.97 Å². The van der Waals surface area contributed by atoms with E-state index in [4.69, 9.17) is 4.74 Å². The second-order valence-corrected chi connectivity index (χ2v) is 12.2. The molecule has 2 aliphatic heterocycles. The van der Waals surface area contributed by atoms with E-state index in [0.717, 1.165) is 27.3 Å². The first kappa shape index (κ1) is 28.6. The van der Waals surface area contributed by atoms with Gasteiger partial charge in [-0.3, -0.25) is 14.5 Å². The number of hydrogen-bond acceptors (Lipinski definition) is 7. The van der Waals surface area contributed by atoms with Crippen molar-refractivity contribution in [3.05, 3.63) is 141 Å². The van der Waals surface area contributed by atoms with E-state index in [-0.39, 0.29) is 23.9 Å². The minimum atomic E-state index is -0.725. The molecule has 7 nitrogen and oxygen atoms in total. The number of carbonyl (C=O) groups excluding carboxylic acids is 3. The van der Waals surface area contributed by atoms with Gasteiger partial charge in [0.25, 0.3) is 5.91 Å². The average molecular weight is 608 g/mol. The molecule has 0 bridgehead atoms. The van der Waals surface area contributed by atoms with E-state index in [1.165, 1.54) is 28.0 Å². The Labute approximate surface area is 258 Å². The lowest BCUT2D eigenvalue weighted by Crippen LogP contribution is -2.70. The van der Waals surface area contributed by atoms with E-state index in [1.807, 2.05) is 110 Å². The van der Waals surface area contributed by atoms with E-state index < -0.39 is 23.5 Å². The number of amides is 2.